The van der Waals surface area contributed by atoms with Crippen molar-refractivity contribution in [2.24, 2.45) is 0 Å². The molecule has 2 aromatic rings. The molecule has 1 saturated heterocycles. The molecule has 0 bridgehead atoms. The van der Waals surface area contributed by atoms with Crippen LogP contribution in [0.4, 0.5) is 4.39 Å². The highest BCUT2D eigenvalue weighted by atomic mass is 32.2. The number of sulfonamides is 1. The predicted octanol–water partition coefficient (Wildman–Crippen LogP) is 2.19. The molecule has 2 aromatic carbocycles. The van der Waals surface area contributed by atoms with Crippen LogP contribution in [0.3, 0.4) is 0 Å². The maximum absolute atomic E-state index is 13.4. The summed E-state index contributed by atoms with van der Waals surface area (Å²) in [7, 11) is -3.83. The first-order valence-corrected chi connectivity index (χ1v) is 8.92. The molecule has 6 heteroatoms. The van der Waals surface area contributed by atoms with Gasteiger partial charge in [0.2, 0.25) is 10.0 Å². The fourth-order valence-corrected chi connectivity index (χ4v) is 4.66. The third-order valence-electron chi connectivity index (χ3n) is 4.15. The Balaban J connectivity index is 1.91. The van der Waals surface area contributed by atoms with E-state index in [9.17, 15) is 17.9 Å². The van der Waals surface area contributed by atoms with Crippen molar-refractivity contribution >= 4 is 10.0 Å². The number of rotatable bonds is 4. The highest BCUT2D eigenvalue weighted by Crippen LogP contribution is 2.28. The normalized spacial score (nSPS) is 22.3. The van der Waals surface area contributed by atoms with Crippen molar-refractivity contribution in [1.82, 2.24) is 4.31 Å². The Morgan fingerprint density at radius 2 is 1.87 bits per heavy atom. The van der Waals surface area contributed by atoms with Gasteiger partial charge in [-0.25, -0.2) is 12.8 Å². The van der Waals surface area contributed by atoms with Gasteiger partial charge in [0, 0.05) is 6.54 Å². The summed E-state index contributed by atoms with van der Waals surface area (Å²) in [5.41, 5.74) is 0.956. The fourth-order valence-electron chi connectivity index (χ4n) is 2.96. The molecular weight excluding hydrogens is 317 g/mol. The molecule has 1 aliphatic heterocycles. The van der Waals surface area contributed by atoms with Crippen molar-refractivity contribution in [2.45, 2.75) is 29.9 Å². The SMILES string of the molecule is O=S(=O)(c1cccc(F)c1)N1CC[C@@H](O)[C@H]1Cc1ccccc1. The molecule has 0 aliphatic carbocycles. The molecule has 1 heterocycles. The van der Waals surface area contributed by atoms with E-state index in [1.807, 2.05) is 30.3 Å². The Kier molecular flexibility index (Phi) is 4.48. The quantitative estimate of drug-likeness (QED) is 0.932. The lowest BCUT2D eigenvalue weighted by Gasteiger charge is -2.26. The summed E-state index contributed by atoms with van der Waals surface area (Å²) >= 11 is 0. The predicted molar refractivity (Wildman–Crippen MR) is 84.8 cm³/mol. The van der Waals surface area contributed by atoms with Crippen LogP contribution in [0.5, 0.6) is 0 Å². The second kappa shape index (κ2) is 6.39. The van der Waals surface area contributed by atoms with Crippen LogP contribution in [0, 0.1) is 5.82 Å². The molecule has 0 unspecified atom stereocenters. The number of aliphatic hydroxyl groups is 1. The number of hydrogen-bond donors (Lipinski definition) is 1. The van der Waals surface area contributed by atoms with E-state index in [4.69, 9.17) is 0 Å². The average molecular weight is 335 g/mol. The van der Waals surface area contributed by atoms with Gasteiger partial charge in [-0.1, -0.05) is 36.4 Å². The van der Waals surface area contributed by atoms with E-state index in [2.05, 4.69) is 0 Å². The number of aliphatic hydroxyl groups excluding tert-OH is 1. The van der Waals surface area contributed by atoms with Gasteiger partial charge < -0.3 is 5.11 Å². The van der Waals surface area contributed by atoms with Crippen molar-refractivity contribution in [3.8, 4) is 0 Å². The van der Waals surface area contributed by atoms with Crippen LogP contribution in [0.15, 0.2) is 59.5 Å². The molecule has 0 saturated carbocycles. The number of hydrogen-bond acceptors (Lipinski definition) is 3. The zero-order chi connectivity index (χ0) is 16.4. The van der Waals surface area contributed by atoms with Crippen molar-refractivity contribution in [1.29, 1.82) is 0 Å². The molecule has 1 N–H and O–H groups in total. The fraction of sp³-hybridized carbons (Fsp3) is 0.294. The molecule has 1 fully saturated rings. The molecule has 0 spiro atoms. The number of benzene rings is 2. The highest BCUT2D eigenvalue weighted by molar-refractivity contribution is 7.89. The van der Waals surface area contributed by atoms with Gasteiger partial charge in [0.05, 0.1) is 17.0 Å². The van der Waals surface area contributed by atoms with E-state index in [1.54, 1.807) is 0 Å². The smallest absolute Gasteiger partial charge is 0.243 e. The van der Waals surface area contributed by atoms with Crippen LogP contribution in [-0.4, -0.2) is 36.5 Å². The number of halogens is 1. The standard InChI is InChI=1S/C17H18FNO3S/c18-14-7-4-8-15(12-14)23(21,22)19-10-9-17(20)16(19)11-13-5-2-1-3-6-13/h1-8,12,16-17,20H,9-11H2/t16-,17-/m1/s1. The second-order valence-electron chi connectivity index (χ2n) is 5.69. The Morgan fingerprint density at radius 1 is 1.13 bits per heavy atom. The monoisotopic (exact) mass is 335 g/mol. The summed E-state index contributed by atoms with van der Waals surface area (Å²) < 4.78 is 40.2. The summed E-state index contributed by atoms with van der Waals surface area (Å²) in [6, 6.07) is 13.9. The zero-order valence-corrected chi connectivity index (χ0v) is 13.3. The Morgan fingerprint density at radius 3 is 2.57 bits per heavy atom. The van der Waals surface area contributed by atoms with Crippen molar-refractivity contribution in [3.63, 3.8) is 0 Å². The lowest BCUT2D eigenvalue weighted by Crippen LogP contribution is -2.41. The van der Waals surface area contributed by atoms with Crippen LogP contribution in [-0.2, 0) is 16.4 Å². The minimum Gasteiger partial charge on any atom is -0.391 e. The molecule has 2 atom stereocenters. The lowest BCUT2D eigenvalue weighted by atomic mass is 10.0. The van der Waals surface area contributed by atoms with E-state index >= 15 is 0 Å². The van der Waals surface area contributed by atoms with Gasteiger partial charge in [0.25, 0.3) is 0 Å². The minimum atomic E-state index is -3.83. The molecule has 23 heavy (non-hydrogen) atoms. The molecule has 3 rings (SSSR count). The van der Waals surface area contributed by atoms with Gasteiger partial charge >= 0.3 is 0 Å². The second-order valence-corrected chi connectivity index (χ2v) is 7.58. The first-order valence-electron chi connectivity index (χ1n) is 7.48. The average Bonchev–Trinajstić information content (AvgIpc) is 2.90. The molecule has 4 nitrogen and oxygen atoms in total. The summed E-state index contributed by atoms with van der Waals surface area (Å²) in [5.74, 6) is -0.592. The van der Waals surface area contributed by atoms with Gasteiger partial charge in [-0.3, -0.25) is 0 Å². The third-order valence-corrected chi connectivity index (χ3v) is 6.07. The summed E-state index contributed by atoms with van der Waals surface area (Å²) in [6.07, 6.45) is 0.0846. The molecule has 122 valence electrons. The van der Waals surface area contributed by atoms with E-state index in [-0.39, 0.29) is 11.4 Å². The van der Waals surface area contributed by atoms with Crippen molar-refractivity contribution in [3.05, 3.63) is 66.0 Å². The first kappa shape index (κ1) is 16.1. The van der Waals surface area contributed by atoms with Crippen molar-refractivity contribution < 1.29 is 17.9 Å². The Labute approximate surface area is 135 Å². The highest BCUT2D eigenvalue weighted by Gasteiger charge is 2.40. The number of nitrogens with zero attached hydrogens (tertiary/aromatic N) is 1. The zero-order valence-electron chi connectivity index (χ0n) is 12.5. The van der Waals surface area contributed by atoms with Gasteiger partial charge in [0.15, 0.2) is 0 Å². The van der Waals surface area contributed by atoms with E-state index in [0.717, 1.165) is 11.6 Å². The van der Waals surface area contributed by atoms with E-state index < -0.39 is 28.0 Å². The van der Waals surface area contributed by atoms with E-state index in [1.165, 1.54) is 22.5 Å². The largest absolute Gasteiger partial charge is 0.391 e. The Hall–Kier alpha value is -1.76. The lowest BCUT2D eigenvalue weighted by molar-refractivity contribution is 0.142. The van der Waals surface area contributed by atoms with Crippen molar-refractivity contribution in [2.75, 3.05) is 6.54 Å². The topological polar surface area (TPSA) is 57.6 Å². The first-order chi connectivity index (χ1) is 11.0. The molecule has 0 amide bonds. The molecule has 0 aromatic heterocycles. The van der Waals surface area contributed by atoms with Gasteiger partial charge in [0.1, 0.15) is 5.82 Å². The summed E-state index contributed by atoms with van der Waals surface area (Å²) in [4.78, 5) is -0.0790. The van der Waals surface area contributed by atoms with Crippen LogP contribution in [0.2, 0.25) is 0 Å². The van der Waals surface area contributed by atoms with Crippen LogP contribution >= 0.6 is 0 Å². The summed E-state index contributed by atoms with van der Waals surface area (Å²) in [6.45, 7) is 0.234. The van der Waals surface area contributed by atoms with Gasteiger partial charge in [-0.2, -0.15) is 4.31 Å². The van der Waals surface area contributed by atoms with Gasteiger partial charge in [-0.15, -0.1) is 0 Å². The molecule has 1 aliphatic rings. The van der Waals surface area contributed by atoms with E-state index in [0.29, 0.717) is 12.8 Å². The Bertz CT molecular complexity index is 779. The summed E-state index contributed by atoms with van der Waals surface area (Å²) in [5, 5.41) is 10.2. The maximum atomic E-state index is 13.4. The minimum absolute atomic E-state index is 0.0790. The molecule has 0 radical (unpaired) electrons. The van der Waals surface area contributed by atoms with Crippen LogP contribution < -0.4 is 0 Å². The van der Waals surface area contributed by atoms with Crippen LogP contribution in [0.1, 0.15) is 12.0 Å². The third kappa shape index (κ3) is 3.29. The van der Waals surface area contributed by atoms with Crippen LogP contribution in [0.25, 0.3) is 0 Å². The molecular formula is C17H18FNO3S. The van der Waals surface area contributed by atoms with Gasteiger partial charge in [-0.05, 0) is 36.6 Å². The maximum Gasteiger partial charge on any atom is 0.243 e.